The van der Waals surface area contributed by atoms with Crippen molar-refractivity contribution in [2.24, 2.45) is 17.6 Å². The zero-order valence-corrected chi connectivity index (χ0v) is 14.7. The number of hydrogen-bond donors (Lipinski definition) is 1. The standard InChI is InChI=1S/C18H23F3N2O.ClH/c19-18(20,21)15-9-5-4-8-13(15)17(24)23-10-14(16(22)11-23)12-6-2-1-3-7-12;/h1-3,6-7,13-16H,4-5,8-11,22H2;1H/t13?,14-,15?,16+;/m0./s1. The third-order valence-corrected chi connectivity index (χ3v) is 5.41. The lowest BCUT2D eigenvalue weighted by Crippen LogP contribution is -2.44. The summed E-state index contributed by atoms with van der Waals surface area (Å²) in [6.45, 7) is 0.741. The lowest BCUT2D eigenvalue weighted by Gasteiger charge is -2.34. The van der Waals surface area contributed by atoms with E-state index in [1.807, 2.05) is 30.3 Å². The van der Waals surface area contributed by atoms with Crippen LogP contribution in [0.1, 0.15) is 37.2 Å². The van der Waals surface area contributed by atoms with Gasteiger partial charge in [0.2, 0.25) is 5.91 Å². The summed E-state index contributed by atoms with van der Waals surface area (Å²) in [5.74, 6) is -2.83. The topological polar surface area (TPSA) is 46.3 Å². The van der Waals surface area contributed by atoms with Crippen LogP contribution in [0.4, 0.5) is 13.2 Å². The molecule has 2 fully saturated rings. The lowest BCUT2D eigenvalue weighted by molar-refractivity contribution is -0.200. The molecule has 2 unspecified atom stereocenters. The quantitative estimate of drug-likeness (QED) is 0.854. The molecule has 25 heavy (non-hydrogen) atoms. The third kappa shape index (κ3) is 4.29. The Morgan fingerprint density at radius 2 is 1.72 bits per heavy atom. The maximum Gasteiger partial charge on any atom is 0.392 e. The van der Waals surface area contributed by atoms with E-state index in [0.717, 1.165) is 5.56 Å². The fourth-order valence-corrected chi connectivity index (χ4v) is 4.11. The van der Waals surface area contributed by atoms with Gasteiger partial charge in [-0.25, -0.2) is 0 Å². The molecule has 7 heteroatoms. The number of nitrogens with zero attached hydrogens (tertiary/aromatic N) is 1. The average molecular weight is 377 g/mol. The molecule has 0 aromatic heterocycles. The van der Waals surface area contributed by atoms with Crippen molar-refractivity contribution in [3.05, 3.63) is 35.9 Å². The fourth-order valence-electron chi connectivity index (χ4n) is 4.11. The maximum atomic E-state index is 13.3. The van der Waals surface area contributed by atoms with E-state index in [-0.39, 0.29) is 36.7 Å². The molecule has 1 aromatic carbocycles. The summed E-state index contributed by atoms with van der Waals surface area (Å²) in [6.07, 6.45) is -2.70. The Morgan fingerprint density at radius 3 is 2.36 bits per heavy atom. The highest BCUT2D eigenvalue weighted by Crippen LogP contribution is 2.43. The van der Waals surface area contributed by atoms with E-state index < -0.39 is 18.0 Å². The molecule has 140 valence electrons. The normalized spacial score (nSPS) is 30.0. The molecule has 0 radical (unpaired) electrons. The van der Waals surface area contributed by atoms with Gasteiger partial charge >= 0.3 is 6.18 Å². The fraction of sp³-hybridized carbons (Fsp3) is 0.611. The number of carbonyl (C=O) groups is 1. The molecule has 0 spiro atoms. The Hall–Kier alpha value is -1.27. The Balaban J connectivity index is 0.00000225. The summed E-state index contributed by atoms with van der Waals surface area (Å²) >= 11 is 0. The van der Waals surface area contributed by atoms with Crippen LogP contribution in [-0.4, -0.2) is 36.1 Å². The minimum absolute atomic E-state index is 0. The molecule has 1 aromatic rings. The molecule has 1 amide bonds. The lowest BCUT2D eigenvalue weighted by atomic mass is 9.78. The third-order valence-electron chi connectivity index (χ3n) is 5.41. The van der Waals surface area contributed by atoms with Gasteiger partial charge in [-0.05, 0) is 18.4 Å². The number of rotatable bonds is 2. The summed E-state index contributed by atoms with van der Waals surface area (Å²) in [6, 6.07) is 9.41. The van der Waals surface area contributed by atoms with Crippen LogP contribution in [0.25, 0.3) is 0 Å². The number of hydrogen-bond acceptors (Lipinski definition) is 2. The highest BCUT2D eigenvalue weighted by Gasteiger charge is 2.50. The first kappa shape index (κ1) is 20.0. The highest BCUT2D eigenvalue weighted by molar-refractivity contribution is 5.85. The van der Waals surface area contributed by atoms with Gasteiger partial charge in [-0.15, -0.1) is 12.4 Å². The number of nitrogens with two attached hydrogens (primary N) is 1. The van der Waals surface area contributed by atoms with Gasteiger partial charge in [-0.3, -0.25) is 4.79 Å². The van der Waals surface area contributed by atoms with Gasteiger partial charge in [0.1, 0.15) is 0 Å². The van der Waals surface area contributed by atoms with Gasteiger partial charge in [0.15, 0.2) is 0 Å². The number of carbonyl (C=O) groups excluding carboxylic acids is 1. The van der Waals surface area contributed by atoms with E-state index in [0.29, 0.717) is 32.4 Å². The molecule has 1 aliphatic heterocycles. The highest BCUT2D eigenvalue weighted by atomic mass is 35.5. The molecule has 1 saturated heterocycles. The van der Waals surface area contributed by atoms with Crippen molar-refractivity contribution in [3.8, 4) is 0 Å². The first-order valence-electron chi connectivity index (χ1n) is 8.54. The second kappa shape index (κ2) is 7.96. The Kier molecular flexibility index (Phi) is 6.38. The SMILES string of the molecule is Cl.N[C@@H]1CN(C(=O)C2CCCCC2C(F)(F)F)C[C@H]1c1ccccc1. The average Bonchev–Trinajstić information content (AvgIpc) is 2.96. The van der Waals surface area contributed by atoms with Gasteiger partial charge in [-0.2, -0.15) is 13.2 Å². The van der Waals surface area contributed by atoms with Crippen LogP contribution < -0.4 is 5.73 Å². The van der Waals surface area contributed by atoms with Gasteiger partial charge in [-0.1, -0.05) is 43.2 Å². The van der Waals surface area contributed by atoms with Crippen LogP contribution in [-0.2, 0) is 4.79 Å². The molecule has 0 bridgehead atoms. The summed E-state index contributed by atoms with van der Waals surface area (Å²) < 4.78 is 39.8. The molecular weight excluding hydrogens is 353 g/mol. The first-order valence-corrected chi connectivity index (χ1v) is 8.54. The molecule has 3 rings (SSSR count). The molecule has 2 N–H and O–H groups in total. The summed E-state index contributed by atoms with van der Waals surface area (Å²) in [5, 5.41) is 0. The van der Waals surface area contributed by atoms with E-state index in [2.05, 4.69) is 0 Å². The predicted molar refractivity (Wildman–Crippen MR) is 92.5 cm³/mol. The van der Waals surface area contributed by atoms with Crippen LogP contribution in [0.2, 0.25) is 0 Å². The van der Waals surface area contributed by atoms with E-state index in [4.69, 9.17) is 5.73 Å². The number of likely N-dealkylation sites (tertiary alicyclic amines) is 1. The zero-order chi connectivity index (χ0) is 17.3. The van der Waals surface area contributed by atoms with E-state index in [9.17, 15) is 18.0 Å². The summed E-state index contributed by atoms with van der Waals surface area (Å²) in [7, 11) is 0. The summed E-state index contributed by atoms with van der Waals surface area (Å²) in [4.78, 5) is 14.3. The van der Waals surface area contributed by atoms with E-state index in [1.165, 1.54) is 0 Å². The molecule has 1 aliphatic carbocycles. The van der Waals surface area contributed by atoms with Gasteiger partial charge in [0, 0.05) is 31.0 Å². The van der Waals surface area contributed by atoms with E-state index in [1.54, 1.807) is 4.90 Å². The Morgan fingerprint density at radius 1 is 1.08 bits per heavy atom. The molecule has 4 atom stereocenters. The minimum Gasteiger partial charge on any atom is -0.340 e. The second-order valence-corrected chi connectivity index (χ2v) is 6.96. The molecule has 1 saturated carbocycles. The smallest absolute Gasteiger partial charge is 0.340 e. The van der Waals surface area contributed by atoms with Gasteiger partial charge in [0.25, 0.3) is 0 Å². The van der Waals surface area contributed by atoms with Crippen molar-refractivity contribution in [1.29, 1.82) is 0 Å². The van der Waals surface area contributed by atoms with Crippen molar-refractivity contribution < 1.29 is 18.0 Å². The van der Waals surface area contributed by atoms with Crippen molar-refractivity contribution in [3.63, 3.8) is 0 Å². The number of benzene rings is 1. The number of alkyl halides is 3. The van der Waals surface area contributed by atoms with Crippen molar-refractivity contribution in [2.75, 3.05) is 13.1 Å². The van der Waals surface area contributed by atoms with Crippen LogP contribution in [0.5, 0.6) is 0 Å². The Labute approximate surface area is 152 Å². The van der Waals surface area contributed by atoms with Crippen molar-refractivity contribution in [1.82, 2.24) is 4.90 Å². The van der Waals surface area contributed by atoms with Crippen LogP contribution in [0.15, 0.2) is 30.3 Å². The van der Waals surface area contributed by atoms with Crippen molar-refractivity contribution in [2.45, 2.75) is 43.8 Å². The van der Waals surface area contributed by atoms with Gasteiger partial charge < -0.3 is 10.6 Å². The van der Waals surface area contributed by atoms with E-state index >= 15 is 0 Å². The maximum absolute atomic E-state index is 13.3. The van der Waals surface area contributed by atoms with Crippen molar-refractivity contribution >= 4 is 18.3 Å². The summed E-state index contributed by atoms with van der Waals surface area (Å²) in [5.41, 5.74) is 7.21. The Bertz CT molecular complexity index is 581. The molecule has 2 aliphatic rings. The molecular formula is C18H24ClF3N2O. The number of amides is 1. The van der Waals surface area contributed by atoms with Crippen LogP contribution in [0, 0.1) is 11.8 Å². The predicted octanol–water partition coefficient (Wildman–Crippen LogP) is 3.73. The van der Waals surface area contributed by atoms with Gasteiger partial charge in [0.05, 0.1) is 5.92 Å². The molecule has 3 nitrogen and oxygen atoms in total. The largest absolute Gasteiger partial charge is 0.392 e. The van der Waals surface area contributed by atoms with Crippen LogP contribution >= 0.6 is 12.4 Å². The minimum atomic E-state index is -4.30. The number of halogens is 4. The van der Waals surface area contributed by atoms with Crippen LogP contribution in [0.3, 0.4) is 0 Å². The zero-order valence-electron chi connectivity index (χ0n) is 13.9. The molecule has 1 heterocycles. The second-order valence-electron chi connectivity index (χ2n) is 6.96. The monoisotopic (exact) mass is 376 g/mol. The first-order chi connectivity index (χ1) is 11.4.